The summed E-state index contributed by atoms with van der Waals surface area (Å²) in [7, 11) is 0. The van der Waals surface area contributed by atoms with Crippen molar-refractivity contribution in [1.82, 2.24) is 14.8 Å². The molecule has 0 atom stereocenters. The number of anilines is 2. The van der Waals surface area contributed by atoms with Crippen molar-refractivity contribution in [2.24, 2.45) is 0 Å². The molecular formula is C24H26ClN5O3. The van der Waals surface area contributed by atoms with Crippen molar-refractivity contribution in [2.45, 2.75) is 33.1 Å². The standard InChI is InChI=1S/C24H26ClN5O3/c1-16-14-17(2)30(28-16)21-11-10-20(25)23(27-21)24(32)33-15-22(31)26-18-6-8-19(9-7-18)29-12-4-3-5-13-29/h6-11,14H,3-5,12-13,15H2,1-2H3,(H,26,31). The molecule has 0 aliphatic carbocycles. The van der Waals surface area contributed by atoms with E-state index in [0.29, 0.717) is 11.5 Å². The Labute approximate surface area is 197 Å². The van der Waals surface area contributed by atoms with Gasteiger partial charge in [-0.05, 0) is 75.6 Å². The van der Waals surface area contributed by atoms with Crippen molar-refractivity contribution in [3.8, 4) is 5.82 Å². The highest BCUT2D eigenvalue weighted by Gasteiger charge is 2.18. The number of ether oxygens (including phenoxy) is 1. The third kappa shape index (κ3) is 5.51. The second-order valence-corrected chi connectivity index (χ2v) is 8.46. The highest BCUT2D eigenvalue weighted by molar-refractivity contribution is 6.33. The molecule has 3 heterocycles. The molecule has 33 heavy (non-hydrogen) atoms. The van der Waals surface area contributed by atoms with Crippen LogP contribution in [0.1, 0.15) is 41.1 Å². The van der Waals surface area contributed by atoms with Crippen LogP contribution in [0.25, 0.3) is 5.82 Å². The Hall–Kier alpha value is -3.39. The average molecular weight is 468 g/mol. The maximum Gasteiger partial charge on any atom is 0.359 e. The number of halogens is 1. The lowest BCUT2D eigenvalue weighted by Crippen LogP contribution is -2.29. The zero-order valence-corrected chi connectivity index (χ0v) is 19.4. The maximum atomic E-state index is 12.5. The van der Waals surface area contributed by atoms with E-state index in [1.165, 1.54) is 19.3 Å². The molecule has 8 nitrogen and oxygen atoms in total. The summed E-state index contributed by atoms with van der Waals surface area (Å²) in [4.78, 5) is 31.5. The van der Waals surface area contributed by atoms with Gasteiger partial charge >= 0.3 is 5.97 Å². The predicted octanol–water partition coefficient (Wildman–Crippen LogP) is 4.32. The van der Waals surface area contributed by atoms with Gasteiger partial charge in [-0.25, -0.2) is 14.5 Å². The van der Waals surface area contributed by atoms with Crippen LogP contribution in [0, 0.1) is 13.8 Å². The van der Waals surface area contributed by atoms with Crippen molar-refractivity contribution in [3.63, 3.8) is 0 Å². The normalized spacial score (nSPS) is 13.6. The van der Waals surface area contributed by atoms with Crippen LogP contribution in [0.2, 0.25) is 5.02 Å². The fourth-order valence-corrected chi connectivity index (χ4v) is 4.04. The van der Waals surface area contributed by atoms with Gasteiger partial charge in [0.15, 0.2) is 18.1 Å². The van der Waals surface area contributed by atoms with Crippen molar-refractivity contribution in [2.75, 3.05) is 29.9 Å². The summed E-state index contributed by atoms with van der Waals surface area (Å²) in [6.45, 7) is 5.42. The second-order valence-electron chi connectivity index (χ2n) is 8.06. The third-order valence-electron chi connectivity index (χ3n) is 5.46. The van der Waals surface area contributed by atoms with Gasteiger partial charge in [0.2, 0.25) is 0 Å². The van der Waals surface area contributed by atoms with Gasteiger partial charge in [0.05, 0.1) is 10.7 Å². The molecular weight excluding hydrogens is 442 g/mol. The Balaban J connectivity index is 1.35. The molecule has 9 heteroatoms. The van der Waals surface area contributed by atoms with E-state index in [9.17, 15) is 9.59 Å². The first-order valence-electron chi connectivity index (χ1n) is 10.9. The van der Waals surface area contributed by atoms with Crippen LogP contribution in [0.5, 0.6) is 0 Å². The fraction of sp³-hybridized carbons (Fsp3) is 0.333. The number of aryl methyl sites for hydroxylation is 2. The molecule has 0 spiro atoms. The Kier molecular flexibility index (Phi) is 6.93. The van der Waals surface area contributed by atoms with Crippen molar-refractivity contribution >= 4 is 34.9 Å². The van der Waals surface area contributed by atoms with Gasteiger partial charge < -0.3 is 15.0 Å². The number of piperidine rings is 1. The van der Waals surface area contributed by atoms with Gasteiger partial charge in [0, 0.05) is 30.2 Å². The van der Waals surface area contributed by atoms with E-state index in [2.05, 4.69) is 20.3 Å². The minimum atomic E-state index is -0.779. The molecule has 2 aromatic heterocycles. The van der Waals surface area contributed by atoms with Crippen molar-refractivity contribution in [3.05, 3.63) is 64.6 Å². The minimum absolute atomic E-state index is 0.0691. The van der Waals surface area contributed by atoms with Crippen LogP contribution >= 0.6 is 11.6 Å². The van der Waals surface area contributed by atoms with E-state index in [1.807, 2.05) is 44.2 Å². The van der Waals surface area contributed by atoms with Crippen LogP contribution in [-0.2, 0) is 9.53 Å². The number of rotatable bonds is 6. The molecule has 1 amide bonds. The smallest absolute Gasteiger partial charge is 0.359 e. The lowest BCUT2D eigenvalue weighted by Gasteiger charge is -2.28. The van der Waals surface area contributed by atoms with Gasteiger partial charge in [-0.3, -0.25) is 4.79 Å². The molecule has 0 unspecified atom stereocenters. The Morgan fingerprint density at radius 1 is 1.06 bits per heavy atom. The largest absolute Gasteiger partial charge is 0.451 e. The number of carbonyl (C=O) groups is 2. The molecule has 3 aromatic rings. The molecule has 1 N–H and O–H groups in total. The highest BCUT2D eigenvalue weighted by Crippen LogP contribution is 2.22. The monoisotopic (exact) mass is 467 g/mol. The van der Waals surface area contributed by atoms with E-state index < -0.39 is 18.5 Å². The van der Waals surface area contributed by atoms with Crippen LogP contribution in [0.4, 0.5) is 11.4 Å². The summed E-state index contributed by atoms with van der Waals surface area (Å²) in [5.74, 6) is -0.783. The molecule has 172 valence electrons. The topological polar surface area (TPSA) is 89.4 Å². The van der Waals surface area contributed by atoms with Crippen LogP contribution in [0.15, 0.2) is 42.5 Å². The highest BCUT2D eigenvalue weighted by atomic mass is 35.5. The number of nitrogens with zero attached hydrogens (tertiary/aromatic N) is 4. The molecule has 1 aliphatic heterocycles. The number of amides is 1. The minimum Gasteiger partial charge on any atom is -0.451 e. The van der Waals surface area contributed by atoms with E-state index in [-0.39, 0.29) is 10.7 Å². The predicted molar refractivity (Wildman–Crippen MR) is 127 cm³/mol. The van der Waals surface area contributed by atoms with Gasteiger partial charge in [0.1, 0.15) is 0 Å². The lowest BCUT2D eigenvalue weighted by atomic mass is 10.1. The van der Waals surface area contributed by atoms with Gasteiger partial charge in [-0.2, -0.15) is 5.10 Å². The number of pyridine rings is 1. The summed E-state index contributed by atoms with van der Waals surface area (Å²) >= 11 is 6.15. The third-order valence-corrected chi connectivity index (χ3v) is 5.76. The van der Waals surface area contributed by atoms with Crippen LogP contribution in [0.3, 0.4) is 0 Å². The summed E-state index contributed by atoms with van der Waals surface area (Å²) in [5.41, 5.74) is 3.41. The zero-order chi connectivity index (χ0) is 23.4. The maximum absolute atomic E-state index is 12.5. The van der Waals surface area contributed by atoms with E-state index in [1.54, 1.807) is 16.8 Å². The molecule has 0 saturated carbocycles. The zero-order valence-electron chi connectivity index (χ0n) is 18.7. The average Bonchev–Trinajstić information content (AvgIpc) is 3.16. The second kappa shape index (κ2) is 10.0. The number of hydrogen-bond acceptors (Lipinski definition) is 6. The first-order valence-corrected chi connectivity index (χ1v) is 11.3. The van der Waals surface area contributed by atoms with Gasteiger partial charge in [0.25, 0.3) is 5.91 Å². The van der Waals surface area contributed by atoms with Crippen molar-refractivity contribution in [1.29, 1.82) is 0 Å². The molecule has 1 aromatic carbocycles. The Morgan fingerprint density at radius 3 is 2.45 bits per heavy atom. The van der Waals surface area contributed by atoms with Crippen LogP contribution < -0.4 is 10.2 Å². The number of nitrogens with one attached hydrogen (secondary N) is 1. The molecule has 1 aliphatic rings. The first kappa shape index (κ1) is 22.8. The molecule has 4 rings (SSSR count). The van der Waals surface area contributed by atoms with E-state index in [4.69, 9.17) is 16.3 Å². The number of carbonyl (C=O) groups excluding carboxylic acids is 2. The van der Waals surface area contributed by atoms with Crippen molar-refractivity contribution < 1.29 is 14.3 Å². The SMILES string of the molecule is Cc1cc(C)n(-c2ccc(Cl)c(C(=O)OCC(=O)Nc3ccc(N4CCCCC4)cc3)n2)n1. The molecule has 0 radical (unpaired) electrons. The van der Waals surface area contributed by atoms with E-state index >= 15 is 0 Å². The Morgan fingerprint density at radius 2 is 1.79 bits per heavy atom. The number of esters is 1. The summed E-state index contributed by atoms with van der Waals surface area (Å²) in [5, 5.41) is 7.24. The lowest BCUT2D eigenvalue weighted by molar-refractivity contribution is -0.119. The number of benzene rings is 1. The van der Waals surface area contributed by atoms with Gasteiger partial charge in [-0.15, -0.1) is 0 Å². The summed E-state index contributed by atoms with van der Waals surface area (Å²) < 4.78 is 6.77. The quantitative estimate of drug-likeness (QED) is 0.543. The molecule has 1 fully saturated rings. The van der Waals surface area contributed by atoms with Gasteiger partial charge in [-0.1, -0.05) is 11.6 Å². The number of aromatic nitrogens is 3. The summed E-state index contributed by atoms with van der Waals surface area (Å²) in [6.07, 6.45) is 3.68. The Bertz CT molecular complexity index is 1150. The fourth-order valence-electron chi connectivity index (χ4n) is 3.86. The first-order chi connectivity index (χ1) is 15.9. The molecule has 1 saturated heterocycles. The van der Waals surface area contributed by atoms with E-state index in [0.717, 1.165) is 30.2 Å². The summed E-state index contributed by atoms with van der Waals surface area (Å²) in [6, 6.07) is 12.8. The number of hydrogen-bond donors (Lipinski definition) is 1. The molecule has 0 bridgehead atoms. The van der Waals surface area contributed by atoms with Crippen LogP contribution in [-0.4, -0.2) is 46.3 Å².